The molecule has 3 heteroatoms. The van der Waals surface area contributed by atoms with Gasteiger partial charge < -0.3 is 10.1 Å². The molecule has 0 atom stereocenters. The van der Waals surface area contributed by atoms with Gasteiger partial charge in [-0.15, -0.1) is 0 Å². The molecule has 0 fully saturated rings. The van der Waals surface area contributed by atoms with E-state index in [1.807, 2.05) is 20.8 Å². The van der Waals surface area contributed by atoms with Gasteiger partial charge in [0.1, 0.15) is 5.60 Å². The summed E-state index contributed by atoms with van der Waals surface area (Å²) in [6.45, 7) is 19.1. The molecule has 144 valence electrons. The van der Waals surface area contributed by atoms with Crippen LogP contribution in [0.2, 0.25) is 0 Å². The van der Waals surface area contributed by atoms with E-state index in [0.717, 1.165) is 5.56 Å². The van der Waals surface area contributed by atoms with Crippen molar-refractivity contribution >= 4 is 6.09 Å². The summed E-state index contributed by atoms with van der Waals surface area (Å²) in [6.07, 6.45) is -0.435. The number of ether oxygens (including phenoxy) is 1. The van der Waals surface area contributed by atoms with Gasteiger partial charge in [0.05, 0.1) is 6.54 Å². The topological polar surface area (TPSA) is 38.3 Å². The van der Waals surface area contributed by atoms with Crippen LogP contribution >= 0.6 is 0 Å². The first-order valence-electron chi connectivity index (χ1n) is 9.55. The SMILES string of the molecule is CC(C)c1cc(C(C)C)c(C#CCNC(=O)OC(C)(C)C)c(C(C)C)c1. The number of benzene rings is 1. The fourth-order valence-electron chi connectivity index (χ4n) is 2.66. The molecular weight excluding hydrogens is 322 g/mol. The Balaban J connectivity index is 3.10. The Morgan fingerprint density at radius 3 is 1.88 bits per heavy atom. The summed E-state index contributed by atoms with van der Waals surface area (Å²) in [5.74, 6) is 7.69. The molecule has 1 aromatic carbocycles. The van der Waals surface area contributed by atoms with E-state index < -0.39 is 11.7 Å². The quantitative estimate of drug-likeness (QED) is 0.678. The van der Waals surface area contributed by atoms with Crippen molar-refractivity contribution in [3.63, 3.8) is 0 Å². The summed E-state index contributed by atoms with van der Waals surface area (Å²) < 4.78 is 5.24. The Labute approximate surface area is 159 Å². The second kappa shape index (κ2) is 9.12. The van der Waals surface area contributed by atoms with Crippen molar-refractivity contribution in [3.8, 4) is 11.8 Å². The van der Waals surface area contributed by atoms with Gasteiger partial charge in [0.25, 0.3) is 0 Å². The monoisotopic (exact) mass is 357 g/mol. The lowest BCUT2D eigenvalue weighted by Gasteiger charge is -2.20. The van der Waals surface area contributed by atoms with E-state index in [1.54, 1.807) is 0 Å². The minimum Gasteiger partial charge on any atom is -0.444 e. The summed E-state index contributed by atoms with van der Waals surface area (Å²) in [5.41, 5.74) is 4.52. The number of hydrogen-bond acceptors (Lipinski definition) is 2. The van der Waals surface area contributed by atoms with E-state index >= 15 is 0 Å². The Bertz CT molecular complexity index is 653. The maximum absolute atomic E-state index is 11.7. The number of amides is 1. The van der Waals surface area contributed by atoms with Gasteiger partial charge in [-0.3, -0.25) is 0 Å². The molecule has 26 heavy (non-hydrogen) atoms. The van der Waals surface area contributed by atoms with Crippen LogP contribution in [-0.4, -0.2) is 18.2 Å². The van der Waals surface area contributed by atoms with Crippen LogP contribution in [0.25, 0.3) is 0 Å². The zero-order valence-corrected chi connectivity index (χ0v) is 17.9. The standard InChI is InChI=1S/C23H35NO2/c1-15(2)18-13-20(16(3)4)19(21(14-18)17(5)6)11-10-12-24-22(25)26-23(7,8)9/h13-17H,12H2,1-9H3,(H,24,25). The van der Waals surface area contributed by atoms with E-state index in [-0.39, 0.29) is 6.54 Å². The van der Waals surface area contributed by atoms with Crippen molar-refractivity contribution in [1.82, 2.24) is 5.32 Å². The highest BCUT2D eigenvalue weighted by Gasteiger charge is 2.16. The Morgan fingerprint density at radius 2 is 1.50 bits per heavy atom. The van der Waals surface area contributed by atoms with Crippen molar-refractivity contribution in [2.24, 2.45) is 0 Å². The van der Waals surface area contributed by atoms with Crippen LogP contribution in [0.15, 0.2) is 12.1 Å². The zero-order valence-electron chi connectivity index (χ0n) is 17.9. The minimum absolute atomic E-state index is 0.274. The van der Waals surface area contributed by atoms with Crippen LogP contribution in [0, 0.1) is 11.8 Å². The van der Waals surface area contributed by atoms with Gasteiger partial charge in [-0.2, -0.15) is 0 Å². The molecule has 1 N–H and O–H groups in total. The molecule has 0 heterocycles. The number of rotatable bonds is 4. The highest BCUT2D eigenvalue weighted by molar-refractivity contribution is 5.68. The van der Waals surface area contributed by atoms with Gasteiger partial charge in [0, 0.05) is 5.56 Å². The molecule has 0 spiro atoms. The number of carbonyl (C=O) groups is 1. The smallest absolute Gasteiger partial charge is 0.408 e. The molecule has 1 rings (SSSR count). The normalized spacial score (nSPS) is 11.5. The number of nitrogens with one attached hydrogen (secondary N) is 1. The summed E-state index contributed by atoms with van der Waals surface area (Å²) in [6, 6.07) is 4.57. The first-order chi connectivity index (χ1) is 11.9. The maximum Gasteiger partial charge on any atom is 0.408 e. The second-order valence-electron chi connectivity index (χ2n) is 8.70. The number of alkyl carbamates (subject to hydrolysis) is 1. The molecule has 0 aliphatic carbocycles. The van der Waals surface area contributed by atoms with Gasteiger partial charge >= 0.3 is 6.09 Å². The molecule has 0 saturated heterocycles. The van der Waals surface area contributed by atoms with Crippen molar-refractivity contribution in [1.29, 1.82) is 0 Å². The van der Waals surface area contributed by atoms with E-state index in [1.165, 1.54) is 16.7 Å². The Hall–Kier alpha value is -1.95. The molecule has 1 amide bonds. The minimum atomic E-state index is -0.500. The molecule has 0 radical (unpaired) electrons. The molecule has 0 saturated carbocycles. The Kier molecular flexibility index (Phi) is 7.75. The maximum atomic E-state index is 11.7. The van der Waals surface area contributed by atoms with Crippen molar-refractivity contribution in [2.45, 2.75) is 85.7 Å². The van der Waals surface area contributed by atoms with Gasteiger partial charge in [-0.1, -0.05) is 65.5 Å². The lowest BCUT2D eigenvalue weighted by molar-refractivity contribution is 0.0535. The van der Waals surface area contributed by atoms with Gasteiger partial charge in [0.15, 0.2) is 0 Å². The third-order valence-electron chi connectivity index (χ3n) is 4.07. The third kappa shape index (κ3) is 6.75. The molecule has 0 aromatic heterocycles. The molecule has 0 aliphatic rings. The van der Waals surface area contributed by atoms with E-state index in [4.69, 9.17) is 4.74 Å². The second-order valence-corrected chi connectivity index (χ2v) is 8.70. The first-order valence-corrected chi connectivity index (χ1v) is 9.55. The van der Waals surface area contributed by atoms with Crippen LogP contribution < -0.4 is 5.32 Å². The summed E-state index contributed by atoms with van der Waals surface area (Å²) in [5, 5.41) is 2.70. The van der Waals surface area contributed by atoms with E-state index in [2.05, 4.69) is 70.8 Å². The van der Waals surface area contributed by atoms with Gasteiger partial charge in [-0.25, -0.2) is 4.79 Å². The van der Waals surface area contributed by atoms with Crippen molar-refractivity contribution < 1.29 is 9.53 Å². The van der Waals surface area contributed by atoms with Crippen molar-refractivity contribution in [2.75, 3.05) is 6.54 Å². The number of hydrogen-bond donors (Lipinski definition) is 1. The van der Waals surface area contributed by atoms with Crippen LogP contribution in [0.5, 0.6) is 0 Å². The Morgan fingerprint density at radius 1 is 1.00 bits per heavy atom. The van der Waals surface area contributed by atoms with Gasteiger partial charge in [-0.05, 0) is 55.2 Å². The van der Waals surface area contributed by atoms with Crippen LogP contribution in [0.1, 0.15) is 102 Å². The molecule has 0 aliphatic heterocycles. The fraction of sp³-hybridized carbons (Fsp3) is 0.609. The first kappa shape index (κ1) is 22.1. The largest absolute Gasteiger partial charge is 0.444 e. The summed E-state index contributed by atoms with van der Waals surface area (Å²) in [4.78, 5) is 11.7. The van der Waals surface area contributed by atoms with Gasteiger partial charge in [0.2, 0.25) is 0 Å². The third-order valence-corrected chi connectivity index (χ3v) is 4.07. The molecular formula is C23H35NO2. The van der Waals surface area contributed by atoms with Crippen LogP contribution in [-0.2, 0) is 4.74 Å². The highest BCUT2D eigenvalue weighted by Crippen LogP contribution is 2.31. The molecule has 0 unspecified atom stereocenters. The predicted octanol–water partition coefficient (Wildman–Crippen LogP) is 5.93. The van der Waals surface area contributed by atoms with Crippen LogP contribution in [0.3, 0.4) is 0 Å². The average molecular weight is 358 g/mol. The number of carbonyl (C=O) groups excluding carboxylic acids is 1. The van der Waals surface area contributed by atoms with Crippen molar-refractivity contribution in [3.05, 3.63) is 34.4 Å². The molecule has 0 bridgehead atoms. The average Bonchev–Trinajstić information content (AvgIpc) is 2.48. The molecule has 3 nitrogen and oxygen atoms in total. The highest BCUT2D eigenvalue weighted by atomic mass is 16.6. The van der Waals surface area contributed by atoms with Crippen LogP contribution in [0.4, 0.5) is 4.79 Å². The molecule has 1 aromatic rings. The fourth-order valence-corrected chi connectivity index (χ4v) is 2.66. The lowest BCUT2D eigenvalue weighted by atomic mass is 9.84. The zero-order chi connectivity index (χ0) is 20.1. The van der Waals surface area contributed by atoms with E-state index in [0.29, 0.717) is 17.8 Å². The summed E-state index contributed by atoms with van der Waals surface area (Å²) in [7, 11) is 0. The lowest BCUT2D eigenvalue weighted by Crippen LogP contribution is -2.32. The summed E-state index contributed by atoms with van der Waals surface area (Å²) >= 11 is 0. The van der Waals surface area contributed by atoms with E-state index in [9.17, 15) is 4.79 Å². The predicted molar refractivity (Wildman–Crippen MR) is 110 cm³/mol.